The first-order chi connectivity index (χ1) is 13.4. The number of benzene rings is 2. The third-order valence-corrected chi connectivity index (χ3v) is 4.21. The van der Waals surface area contributed by atoms with Crippen molar-refractivity contribution in [2.75, 3.05) is 11.9 Å². The highest BCUT2D eigenvalue weighted by Gasteiger charge is 2.25. The van der Waals surface area contributed by atoms with E-state index in [4.69, 9.17) is 11.6 Å². The minimum absolute atomic E-state index is 0.0911. The van der Waals surface area contributed by atoms with Gasteiger partial charge in [-0.1, -0.05) is 23.7 Å². The quantitative estimate of drug-likeness (QED) is 0.599. The summed E-state index contributed by atoms with van der Waals surface area (Å²) in [5.74, 6) is 0.128. The van der Waals surface area contributed by atoms with Crippen LogP contribution in [0.4, 0.5) is 5.69 Å². The SMILES string of the molecule is CC(C)=NNC1=NCC(=O)N1Cc1ccc(NC(=O)c2ccc(Cl)cc2)cc1. The molecule has 3 rings (SSSR count). The largest absolute Gasteiger partial charge is 0.322 e. The van der Waals surface area contributed by atoms with Crippen LogP contribution in [0.25, 0.3) is 0 Å². The van der Waals surface area contributed by atoms with Crippen LogP contribution in [0.1, 0.15) is 29.8 Å². The number of hydrogen-bond donors (Lipinski definition) is 2. The van der Waals surface area contributed by atoms with Gasteiger partial charge >= 0.3 is 0 Å². The van der Waals surface area contributed by atoms with Crippen molar-refractivity contribution < 1.29 is 9.59 Å². The molecular formula is C20H20ClN5O2. The normalized spacial score (nSPS) is 13.2. The second kappa shape index (κ2) is 8.67. The highest BCUT2D eigenvalue weighted by atomic mass is 35.5. The summed E-state index contributed by atoms with van der Waals surface area (Å²) in [7, 11) is 0. The van der Waals surface area contributed by atoms with Crippen molar-refractivity contribution in [2.45, 2.75) is 20.4 Å². The summed E-state index contributed by atoms with van der Waals surface area (Å²) >= 11 is 5.84. The van der Waals surface area contributed by atoms with E-state index < -0.39 is 0 Å². The molecular weight excluding hydrogens is 378 g/mol. The van der Waals surface area contributed by atoms with Gasteiger partial charge in [0.2, 0.25) is 5.96 Å². The van der Waals surface area contributed by atoms with Gasteiger partial charge in [-0.05, 0) is 55.8 Å². The molecule has 2 aromatic rings. The van der Waals surface area contributed by atoms with E-state index in [0.717, 1.165) is 11.3 Å². The summed E-state index contributed by atoms with van der Waals surface area (Å²) in [6.45, 7) is 4.18. The number of carbonyl (C=O) groups is 2. The molecule has 0 bridgehead atoms. The van der Waals surface area contributed by atoms with Crippen LogP contribution in [0.3, 0.4) is 0 Å². The Hall–Kier alpha value is -3.19. The number of guanidine groups is 1. The van der Waals surface area contributed by atoms with E-state index >= 15 is 0 Å². The first kappa shape index (κ1) is 19.6. The molecule has 2 amide bonds. The molecule has 8 heteroatoms. The smallest absolute Gasteiger partial charge is 0.255 e. The lowest BCUT2D eigenvalue weighted by Crippen LogP contribution is -2.38. The van der Waals surface area contributed by atoms with E-state index in [-0.39, 0.29) is 18.4 Å². The summed E-state index contributed by atoms with van der Waals surface area (Å²) in [4.78, 5) is 30.1. The van der Waals surface area contributed by atoms with Gasteiger partial charge in [-0.2, -0.15) is 5.10 Å². The molecule has 28 heavy (non-hydrogen) atoms. The predicted octanol–water partition coefficient (Wildman–Crippen LogP) is 3.28. The fraction of sp³-hybridized carbons (Fsp3) is 0.200. The van der Waals surface area contributed by atoms with Gasteiger partial charge in [0.15, 0.2) is 0 Å². The van der Waals surface area contributed by atoms with Crippen LogP contribution in [-0.2, 0) is 11.3 Å². The fourth-order valence-corrected chi connectivity index (χ4v) is 2.66. The lowest BCUT2D eigenvalue weighted by molar-refractivity contribution is -0.125. The highest BCUT2D eigenvalue weighted by molar-refractivity contribution is 6.30. The summed E-state index contributed by atoms with van der Waals surface area (Å²) in [6.07, 6.45) is 0. The number of amides is 2. The van der Waals surface area contributed by atoms with Crippen LogP contribution in [0.15, 0.2) is 58.6 Å². The number of aliphatic imine (C=N–C) groups is 1. The Kier molecular flexibility index (Phi) is 6.06. The van der Waals surface area contributed by atoms with Gasteiger partial charge in [0.25, 0.3) is 11.8 Å². The average Bonchev–Trinajstić information content (AvgIpc) is 3.02. The van der Waals surface area contributed by atoms with E-state index in [9.17, 15) is 9.59 Å². The number of halogens is 1. The third kappa shape index (κ3) is 4.95. The van der Waals surface area contributed by atoms with Crippen molar-refractivity contribution in [1.82, 2.24) is 10.3 Å². The number of carbonyl (C=O) groups excluding carboxylic acids is 2. The first-order valence-corrected chi connectivity index (χ1v) is 9.08. The van der Waals surface area contributed by atoms with Gasteiger partial charge in [-0.15, -0.1) is 0 Å². The topological polar surface area (TPSA) is 86.2 Å². The molecule has 2 aromatic carbocycles. The van der Waals surface area contributed by atoms with Crippen LogP contribution >= 0.6 is 11.6 Å². The van der Waals surface area contributed by atoms with E-state index in [1.54, 1.807) is 41.3 Å². The molecule has 1 aliphatic heterocycles. The molecule has 0 atom stereocenters. The molecule has 0 spiro atoms. The van der Waals surface area contributed by atoms with E-state index in [2.05, 4.69) is 20.8 Å². The van der Waals surface area contributed by atoms with Gasteiger partial charge in [-0.25, -0.2) is 10.4 Å². The lowest BCUT2D eigenvalue weighted by atomic mass is 10.1. The number of hydrogen-bond acceptors (Lipinski definition) is 5. The number of anilines is 1. The zero-order chi connectivity index (χ0) is 20.1. The zero-order valence-corrected chi connectivity index (χ0v) is 16.3. The molecule has 0 radical (unpaired) electrons. The van der Waals surface area contributed by atoms with Crippen LogP contribution in [0.5, 0.6) is 0 Å². The Labute approximate surface area is 168 Å². The Morgan fingerprint density at radius 3 is 2.46 bits per heavy atom. The summed E-state index contributed by atoms with van der Waals surface area (Å²) in [6, 6.07) is 14.0. The van der Waals surface area contributed by atoms with Crippen molar-refractivity contribution in [3.63, 3.8) is 0 Å². The molecule has 1 heterocycles. The first-order valence-electron chi connectivity index (χ1n) is 8.70. The zero-order valence-electron chi connectivity index (χ0n) is 15.6. The van der Waals surface area contributed by atoms with E-state index in [0.29, 0.717) is 28.8 Å². The maximum atomic E-state index is 12.3. The van der Waals surface area contributed by atoms with Crippen LogP contribution in [0.2, 0.25) is 5.02 Å². The van der Waals surface area contributed by atoms with Crippen molar-refractivity contribution >= 4 is 40.8 Å². The Bertz CT molecular complexity index is 932. The van der Waals surface area contributed by atoms with E-state index in [1.807, 2.05) is 26.0 Å². The van der Waals surface area contributed by atoms with Gasteiger partial charge < -0.3 is 5.32 Å². The Balaban J connectivity index is 1.63. The van der Waals surface area contributed by atoms with Gasteiger partial charge in [-0.3, -0.25) is 14.5 Å². The van der Waals surface area contributed by atoms with Crippen LogP contribution < -0.4 is 10.7 Å². The van der Waals surface area contributed by atoms with Crippen LogP contribution in [0, 0.1) is 0 Å². The molecule has 0 aromatic heterocycles. The molecule has 0 fully saturated rings. The van der Waals surface area contributed by atoms with Gasteiger partial charge in [0.1, 0.15) is 6.54 Å². The minimum atomic E-state index is -0.217. The van der Waals surface area contributed by atoms with Crippen molar-refractivity contribution in [1.29, 1.82) is 0 Å². The maximum Gasteiger partial charge on any atom is 0.255 e. The second-order valence-corrected chi connectivity index (χ2v) is 6.88. The van der Waals surface area contributed by atoms with Gasteiger partial charge in [0.05, 0.1) is 6.54 Å². The van der Waals surface area contributed by atoms with E-state index in [1.165, 1.54) is 0 Å². The maximum absolute atomic E-state index is 12.3. The van der Waals surface area contributed by atoms with Gasteiger partial charge in [0, 0.05) is 22.0 Å². The molecule has 2 N–H and O–H groups in total. The van der Waals surface area contributed by atoms with Crippen molar-refractivity contribution in [3.05, 3.63) is 64.7 Å². The number of nitrogens with zero attached hydrogens (tertiary/aromatic N) is 3. The van der Waals surface area contributed by atoms with Crippen molar-refractivity contribution in [2.24, 2.45) is 10.1 Å². The Morgan fingerprint density at radius 2 is 1.82 bits per heavy atom. The highest BCUT2D eigenvalue weighted by Crippen LogP contribution is 2.16. The summed E-state index contributed by atoms with van der Waals surface area (Å²) in [5, 5.41) is 7.51. The predicted molar refractivity (Wildman–Crippen MR) is 111 cm³/mol. The molecule has 0 unspecified atom stereocenters. The Morgan fingerprint density at radius 1 is 1.14 bits per heavy atom. The molecule has 0 saturated heterocycles. The number of hydrazone groups is 1. The molecule has 0 saturated carbocycles. The fourth-order valence-electron chi connectivity index (χ4n) is 2.53. The number of nitrogens with one attached hydrogen (secondary N) is 2. The summed E-state index contributed by atoms with van der Waals surface area (Å²) < 4.78 is 0. The average molecular weight is 398 g/mol. The number of rotatable bonds is 5. The van der Waals surface area contributed by atoms with Crippen molar-refractivity contribution in [3.8, 4) is 0 Å². The molecule has 144 valence electrons. The third-order valence-electron chi connectivity index (χ3n) is 3.96. The second-order valence-electron chi connectivity index (χ2n) is 6.45. The van der Waals surface area contributed by atoms with Crippen LogP contribution in [-0.4, -0.2) is 34.9 Å². The summed E-state index contributed by atoms with van der Waals surface area (Å²) in [5.41, 5.74) is 5.75. The molecule has 0 aliphatic carbocycles. The molecule has 7 nitrogen and oxygen atoms in total. The standard InChI is InChI=1S/C20H20ClN5O2/c1-13(2)24-25-20-22-11-18(27)26(20)12-14-3-9-17(10-4-14)23-19(28)15-5-7-16(21)8-6-15/h3-10H,11-12H2,1-2H3,(H,22,25)(H,23,28). The monoisotopic (exact) mass is 397 g/mol. The lowest BCUT2D eigenvalue weighted by Gasteiger charge is -2.18. The minimum Gasteiger partial charge on any atom is -0.322 e. The molecule has 1 aliphatic rings.